The van der Waals surface area contributed by atoms with Gasteiger partial charge in [-0.2, -0.15) is 0 Å². The van der Waals surface area contributed by atoms with Crippen molar-refractivity contribution in [2.45, 2.75) is 6.36 Å². The Morgan fingerprint density at radius 3 is 2.36 bits per heavy atom. The number of hydrogen-bond donors (Lipinski definition) is 1. The first-order chi connectivity index (χ1) is 11.8. The zero-order valence-electron chi connectivity index (χ0n) is 12.7. The van der Waals surface area contributed by atoms with Crippen LogP contribution < -0.4 is 4.74 Å². The van der Waals surface area contributed by atoms with Crippen LogP contribution in [0.5, 0.6) is 5.75 Å². The van der Waals surface area contributed by atoms with E-state index in [9.17, 15) is 18.0 Å². The van der Waals surface area contributed by atoms with E-state index in [-0.39, 0.29) is 11.3 Å². The van der Waals surface area contributed by atoms with Crippen LogP contribution in [0.15, 0.2) is 67.0 Å². The Labute approximate surface area is 140 Å². The normalized spacial score (nSPS) is 11.3. The highest BCUT2D eigenvalue weighted by Gasteiger charge is 2.30. The van der Waals surface area contributed by atoms with Crippen molar-refractivity contribution in [1.29, 1.82) is 0 Å². The molecule has 0 bridgehead atoms. The highest BCUT2D eigenvalue weighted by Crippen LogP contribution is 2.26. The van der Waals surface area contributed by atoms with Crippen molar-refractivity contribution in [2.24, 2.45) is 0 Å². The van der Waals surface area contributed by atoms with E-state index in [2.05, 4.69) is 4.74 Å². The fraction of sp³-hybridized carbons (Fsp3) is 0.0556. The summed E-state index contributed by atoms with van der Waals surface area (Å²) in [4.78, 5) is 11.0. The number of benzene rings is 2. The maximum atomic E-state index is 12.2. The minimum absolute atomic E-state index is 0.180. The third kappa shape index (κ3) is 4.00. The average molecular weight is 347 g/mol. The summed E-state index contributed by atoms with van der Waals surface area (Å²) in [7, 11) is 0. The molecule has 0 fully saturated rings. The van der Waals surface area contributed by atoms with Gasteiger partial charge in [-0.25, -0.2) is 4.79 Å². The Balaban J connectivity index is 1.84. The highest BCUT2D eigenvalue weighted by molar-refractivity contribution is 5.89. The lowest BCUT2D eigenvalue weighted by atomic mass is 10.1. The molecule has 0 aliphatic heterocycles. The first-order valence-corrected chi connectivity index (χ1v) is 7.20. The molecule has 128 valence electrons. The van der Waals surface area contributed by atoms with E-state index < -0.39 is 12.3 Å². The number of halogens is 3. The van der Waals surface area contributed by atoms with Crippen LogP contribution in [-0.2, 0) is 0 Å². The molecule has 0 atom stereocenters. The Hall–Kier alpha value is -3.22. The summed E-state index contributed by atoms with van der Waals surface area (Å²) in [6.45, 7) is 0. The van der Waals surface area contributed by atoms with Gasteiger partial charge in [0.25, 0.3) is 0 Å². The summed E-state index contributed by atoms with van der Waals surface area (Å²) >= 11 is 0. The molecular weight excluding hydrogens is 335 g/mol. The fourth-order valence-corrected chi connectivity index (χ4v) is 2.38. The van der Waals surface area contributed by atoms with Crippen LogP contribution >= 0.6 is 0 Å². The van der Waals surface area contributed by atoms with Gasteiger partial charge >= 0.3 is 12.3 Å². The quantitative estimate of drug-likeness (QED) is 0.742. The van der Waals surface area contributed by atoms with E-state index in [1.54, 1.807) is 41.2 Å². The molecule has 25 heavy (non-hydrogen) atoms. The molecule has 1 aromatic heterocycles. The molecule has 0 amide bonds. The van der Waals surface area contributed by atoms with Gasteiger partial charge < -0.3 is 14.4 Å². The van der Waals surface area contributed by atoms with Gasteiger partial charge in [0.15, 0.2) is 0 Å². The smallest absolute Gasteiger partial charge is 0.478 e. The average Bonchev–Trinajstić information content (AvgIpc) is 3.04. The molecule has 0 aliphatic carbocycles. The van der Waals surface area contributed by atoms with Gasteiger partial charge in [-0.3, -0.25) is 0 Å². The van der Waals surface area contributed by atoms with E-state index in [4.69, 9.17) is 5.11 Å². The molecule has 0 saturated heterocycles. The number of hydrogen-bond acceptors (Lipinski definition) is 2. The Kier molecular flexibility index (Phi) is 4.22. The number of nitrogens with zero attached hydrogens (tertiary/aromatic N) is 1. The van der Waals surface area contributed by atoms with Crippen LogP contribution in [0.25, 0.3) is 16.8 Å². The topological polar surface area (TPSA) is 51.5 Å². The molecule has 0 unspecified atom stereocenters. The largest absolute Gasteiger partial charge is 0.573 e. The third-order valence-corrected chi connectivity index (χ3v) is 3.50. The molecule has 0 radical (unpaired) electrons. The molecule has 1 N–H and O–H groups in total. The maximum absolute atomic E-state index is 12.2. The van der Waals surface area contributed by atoms with E-state index >= 15 is 0 Å². The molecule has 0 spiro atoms. The molecule has 1 heterocycles. The Morgan fingerprint density at radius 1 is 1.00 bits per heavy atom. The van der Waals surface area contributed by atoms with Crippen LogP contribution in [-0.4, -0.2) is 22.0 Å². The molecule has 4 nitrogen and oxygen atoms in total. The summed E-state index contributed by atoms with van der Waals surface area (Å²) in [5.74, 6) is -1.31. The van der Waals surface area contributed by atoms with Gasteiger partial charge in [-0.05, 0) is 53.6 Å². The van der Waals surface area contributed by atoms with Crippen molar-refractivity contribution in [3.8, 4) is 22.6 Å². The second-order valence-corrected chi connectivity index (χ2v) is 5.24. The Bertz CT molecular complexity index is 898. The lowest BCUT2D eigenvalue weighted by Crippen LogP contribution is -2.17. The molecule has 0 aliphatic rings. The minimum atomic E-state index is -4.72. The van der Waals surface area contributed by atoms with Crippen LogP contribution in [0.2, 0.25) is 0 Å². The van der Waals surface area contributed by atoms with Gasteiger partial charge in [0.2, 0.25) is 0 Å². The first kappa shape index (κ1) is 16.6. The summed E-state index contributed by atoms with van der Waals surface area (Å²) in [5.41, 5.74) is 2.35. The van der Waals surface area contributed by atoms with Gasteiger partial charge in [0.1, 0.15) is 5.75 Å². The van der Waals surface area contributed by atoms with E-state index in [0.29, 0.717) is 5.69 Å². The number of aromatic carboxylic acids is 1. The van der Waals surface area contributed by atoms with Gasteiger partial charge in [-0.15, -0.1) is 13.2 Å². The number of aromatic nitrogens is 1. The summed E-state index contributed by atoms with van der Waals surface area (Å²) in [6.07, 6.45) is -1.22. The fourth-order valence-electron chi connectivity index (χ4n) is 2.38. The standard InChI is InChI=1S/C18H12F3NO3/c19-18(20,21)25-16-6-4-15(5-7-16)22-9-8-14(11-22)12-2-1-3-13(10-12)17(23)24/h1-11H,(H,23,24). The van der Waals surface area contributed by atoms with E-state index in [0.717, 1.165) is 11.1 Å². The van der Waals surface area contributed by atoms with Crippen molar-refractivity contribution < 1.29 is 27.8 Å². The van der Waals surface area contributed by atoms with Crippen LogP contribution in [0.3, 0.4) is 0 Å². The van der Waals surface area contributed by atoms with Gasteiger partial charge in [0.05, 0.1) is 5.56 Å². The highest BCUT2D eigenvalue weighted by atomic mass is 19.4. The zero-order valence-corrected chi connectivity index (χ0v) is 12.7. The summed E-state index contributed by atoms with van der Waals surface area (Å²) in [5, 5.41) is 9.05. The monoisotopic (exact) mass is 347 g/mol. The molecular formula is C18H12F3NO3. The van der Waals surface area contributed by atoms with Crippen molar-refractivity contribution in [3.05, 3.63) is 72.6 Å². The second-order valence-electron chi connectivity index (χ2n) is 5.24. The maximum Gasteiger partial charge on any atom is 0.573 e. The summed E-state index contributed by atoms with van der Waals surface area (Å²) in [6, 6.07) is 13.7. The van der Waals surface area contributed by atoms with Crippen LogP contribution in [0.1, 0.15) is 10.4 Å². The number of carboxylic acid groups (broad SMARTS) is 1. The van der Waals surface area contributed by atoms with E-state index in [1.807, 2.05) is 0 Å². The predicted molar refractivity (Wildman–Crippen MR) is 84.8 cm³/mol. The SMILES string of the molecule is O=C(O)c1cccc(-c2ccn(-c3ccc(OC(F)(F)F)cc3)c2)c1. The zero-order chi connectivity index (χ0) is 18.0. The number of carbonyl (C=O) groups is 1. The number of rotatable bonds is 4. The predicted octanol–water partition coefficient (Wildman–Crippen LogP) is 4.74. The molecule has 2 aromatic carbocycles. The van der Waals surface area contributed by atoms with Gasteiger partial charge in [-0.1, -0.05) is 12.1 Å². The van der Waals surface area contributed by atoms with Crippen LogP contribution in [0.4, 0.5) is 13.2 Å². The molecule has 7 heteroatoms. The number of alkyl halides is 3. The van der Waals surface area contributed by atoms with Crippen molar-refractivity contribution >= 4 is 5.97 Å². The molecule has 3 rings (SSSR count). The number of carboxylic acids is 1. The van der Waals surface area contributed by atoms with Crippen molar-refractivity contribution in [1.82, 2.24) is 4.57 Å². The van der Waals surface area contributed by atoms with E-state index in [1.165, 1.54) is 30.3 Å². The van der Waals surface area contributed by atoms with Gasteiger partial charge in [0, 0.05) is 18.1 Å². The molecule has 3 aromatic rings. The third-order valence-electron chi connectivity index (χ3n) is 3.50. The minimum Gasteiger partial charge on any atom is -0.478 e. The molecule has 0 saturated carbocycles. The number of ether oxygens (including phenoxy) is 1. The Morgan fingerprint density at radius 2 is 1.72 bits per heavy atom. The van der Waals surface area contributed by atoms with Crippen LogP contribution in [0, 0.1) is 0 Å². The second kappa shape index (κ2) is 6.35. The lowest BCUT2D eigenvalue weighted by Gasteiger charge is -2.09. The first-order valence-electron chi connectivity index (χ1n) is 7.20. The van der Waals surface area contributed by atoms with Crippen molar-refractivity contribution in [2.75, 3.05) is 0 Å². The van der Waals surface area contributed by atoms with Crippen molar-refractivity contribution in [3.63, 3.8) is 0 Å². The lowest BCUT2D eigenvalue weighted by molar-refractivity contribution is -0.274. The summed E-state index contributed by atoms with van der Waals surface area (Å²) < 4.78 is 42.1.